The first kappa shape index (κ1) is 23.1. The van der Waals surface area contributed by atoms with Crippen LogP contribution in [0.4, 0.5) is 22.3 Å². The summed E-state index contributed by atoms with van der Waals surface area (Å²) >= 11 is 1.25. The molecule has 6 rings (SSSR count). The summed E-state index contributed by atoms with van der Waals surface area (Å²) in [7, 11) is 0. The molecule has 36 heavy (non-hydrogen) atoms. The molecule has 1 saturated heterocycles. The first-order chi connectivity index (χ1) is 17.6. The summed E-state index contributed by atoms with van der Waals surface area (Å²) in [4.78, 5) is 23.0. The Morgan fingerprint density at radius 3 is 2.44 bits per heavy atom. The molecule has 2 aromatic carbocycles. The lowest BCUT2D eigenvalue weighted by atomic mass is 10.1. The van der Waals surface area contributed by atoms with Crippen LogP contribution < -0.4 is 25.4 Å². The van der Waals surface area contributed by atoms with Gasteiger partial charge in [-0.25, -0.2) is 4.98 Å². The summed E-state index contributed by atoms with van der Waals surface area (Å²) in [6.07, 6.45) is 5.51. The summed E-state index contributed by atoms with van der Waals surface area (Å²) < 4.78 is 11.2. The molecule has 2 fully saturated rings. The molecule has 0 atom stereocenters. The Morgan fingerprint density at radius 1 is 0.972 bits per heavy atom. The zero-order valence-corrected chi connectivity index (χ0v) is 21.1. The molecule has 8 nitrogen and oxygen atoms in total. The van der Waals surface area contributed by atoms with Crippen molar-refractivity contribution in [2.24, 2.45) is 0 Å². The number of benzene rings is 2. The number of thiazole rings is 1. The van der Waals surface area contributed by atoms with E-state index in [2.05, 4.69) is 44.4 Å². The maximum Gasteiger partial charge on any atom is 0.206 e. The molecule has 0 spiro atoms. The van der Waals surface area contributed by atoms with Crippen LogP contribution in [0.1, 0.15) is 40.9 Å². The highest BCUT2D eigenvalue weighted by Gasteiger charge is 2.26. The number of hydrogen-bond acceptors (Lipinski definition) is 9. The van der Waals surface area contributed by atoms with Gasteiger partial charge in [-0.3, -0.25) is 9.69 Å². The van der Waals surface area contributed by atoms with Crippen LogP contribution in [0, 0.1) is 0 Å². The number of nitrogens with one attached hydrogen (secondary N) is 1. The molecule has 3 N–H and O–H groups in total. The highest BCUT2D eigenvalue weighted by Crippen LogP contribution is 2.34. The van der Waals surface area contributed by atoms with Crippen molar-refractivity contribution in [1.82, 2.24) is 9.88 Å². The number of ketones is 1. The second-order valence-electron chi connectivity index (χ2n) is 9.55. The molecule has 188 valence electrons. The smallest absolute Gasteiger partial charge is 0.206 e. The highest BCUT2D eigenvalue weighted by molar-refractivity contribution is 7.18. The van der Waals surface area contributed by atoms with Crippen molar-refractivity contribution in [3.8, 4) is 11.5 Å². The summed E-state index contributed by atoms with van der Waals surface area (Å²) in [6, 6.07) is 14.4. The van der Waals surface area contributed by atoms with Gasteiger partial charge < -0.3 is 25.4 Å². The molecule has 2 aliphatic heterocycles. The van der Waals surface area contributed by atoms with Gasteiger partial charge in [-0.1, -0.05) is 24.2 Å². The number of aromatic nitrogens is 1. The van der Waals surface area contributed by atoms with E-state index in [9.17, 15) is 4.79 Å². The Morgan fingerprint density at radius 2 is 1.69 bits per heavy atom. The van der Waals surface area contributed by atoms with Gasteiger partial charge in [-0.15, -0.1) is 0 Å². The van der Waals surface area contributed by atoms with Crippen LogP contribution in [-0.2, 0) is 0 Å². The predicted molar refractivity (Wildman–Crippen MR) is 143 cm³/mol. The molecule has 3 aromatic rings. The van der Waals surface area contributed by atoms with Crippen molar-refractivity contribution in [3.63, 3.8) is 0 Å². The Labute approximate surface area is 215 Å². The van der Waals surface area contributed by atoms with Gasteiger partial charge in [0, 0.05) is 49.2 Å². The van der Waals surface area contributed by atoms with Gasteiger partial charge >= 0.3 is 0 Å². The van der Waals surface area contributed by atoms with Crippen LogP contribution >= 0.6 is 11.3 Å². The second-order valence-corrected chi connectivity index (χ2v) is 10.6. The molecule has 0 bridgehead atoms. The summed E-state index contributed by atoms with van der Waals surface area (Å²) in [5.41, 5.74) is 8.77. The van der Waals surface area contributed by atoms with Gasteiger partial charge in [0.1, 0.15) is 23.9 Å². The van der Waals surface area contributed by atoms with Gasteiger partial charge in [-0.05, 0) is 55.3 Å². The topological polar surface area (TPSA) is 93.0 Å². The van der Waals surface area contributed by atoms with E-state index in [1.165, 1.54) is 42.7 Å². The van der Waals surface area contributed by atoms with E-state index in [-0.39, 0.29) is 11.6 Å². The number of carbonyl (C=O) groups is 1. The number of rotatable bonds is 6. The van der Waals surface area contributed by atoms with Crippen molar-refractivity contribution in [2.75, 3.05) is 55.3 Å². The predicted octanol–water partition coefficient (Wildman–Crippen LogP) is 4.54. The van der Waals surface area contributed by atoms with Crippen molar-refractivity contribution in [2.45, 2.75) is 31.7 Å². The van der Waals surface area contributed by atoms with E-state index in [4.69, 9.17) is 15.2 Å². The Kier molecular flexibility index (Phi) is 6.41. The van der Waals surface area contributed by atoms with Gasteiger partial charge in [0.25, 0.3) is 0 Å². The molecule has 3 aliphatic rings. The first-order valence-electron chi connectivity index (χ1n) is 12.7. The standard InChI is InChI=1S/C27H31N5O3S/c28-26-25(24(33)18-5-10-22-23(17-18)35-16-15-34-22)36-27(30-26)29-19-6-8-21(9-7-19)32-13-11-31(12-14-32)20-3-1-2-4-20/h5-10,17,20H,1-4,11-16,28H2,(H,29,30). The summed E-state index contributed by atoms with van der Waals surface area (Å²) in [5.74, 6) is 1.27. The SMILES string of the molecule is Nc1nc(Nc2ccc(N3CCN(C4CCCC4)CC3)cc2)sc1C(=O)c1ccc2c(c1)OCCO2. The third-order valence-corrected chi connectivity index (χ3v) is 8.29. The molecule has 3 heterocycles. The van der Waals surface area contributed by atoms with Crippen molar-refractivity contribution in [3.05, 3.63) is 52.9 Å². The van der Waals surface area contributed by atoms with Crippen LogP contribution in [0.3, 0.4) is 0 Å². The molecule has 0 amide bonds. The van der Waals surface area contributed by atoms with E-state index in [1.807, 2.05) is 0 Å². The van der Waals surface area contributed by atoms with Crippen molar-refractivity contribution < 1.29 is 14.3 Å². The number of ether oxygens (including phenoxy) is 2. The van der Waals surface area contributed by atoms with Crippen molar-refractivity contribution in [1.29, 1.82) is 0 Å². The number of nitrogens with two attached hydrogens (primary N) is 1. The number of carbonyl (C=O) groups excluding carboxylic acids is 1. The van der Waals surface area contributed by atoms with Gasteiger partial charge in [0.2, 0.25) is 5.78 Å². The van der Waals surface area contributed by atoms with Crippen LogP contribution in [0.25, 0.3) is 0 Å². The molecule has 0 radical (unpaired) electrons. The molecule has 0 unspecified atom stereocenters. The molecule has 1 aromatic heterocycles. The number of fused-ring (bicyclic) bond motifs is 1. The number of piperazine rings is 1. The van der Waals surface area contributed by atoms with Gasteiger partial charge in [0.05, 0.1) is 0 Å². The molecule has 9 heteroatoms. The lowest BCUT2D eigenvalue weighted by Gasteiger charge is -2.39. The number of anilines is 4. The summed E-state index contributed by atoms with van der Waals surface area (Å²) in [6.45, 7) is 5.40. The van der Waals surface area contributed by atoms with Crippen LogP contribution in [0.15, 0.2) is 42.5 Å². The Balaban J connectivity index is 1.09. The fourth-order valence-corrected chi connectivity index (χ4v) is 6.22. The maximum absolute atomic E-state index is 13.1. The normalized spacial score (nSPS) is 18.4. The second kappa shape index (κ2) is 9.99. The largest absolute Gasteiger partial charge is 0.486 e. The number of nitrogen functional groups attached to an aromatic ring is 1. The molecule has 1 saturated carbocycles. The van der Waals surface area contributed by atoms with E-state index >= 15 is 0 Å². The molecular formula is C27H31N5O3S. The van der Waals surface area contributed by atoms with E-state index < -0.39 is 0 Å². The minimum absolute atomic E-state index is 0.179. The van der Waals surface area contributed by atoms with Crippen LogP contribution in [-0.4, -0.2) is 61.1 Å². The van der Waals surface area contributed by atoms with E-state index in [1.54, 1.807) is 18.2 Å². The lowest BCUT2D eigenvalue weighted by molar-refractivity contribution is 0.104. The van der Waals surface area contributed by atoms with E-state index in [0.29, 0.717) is 40.3 Å². The van der Waals surface area contributed by atoms with Gasteiger partial charge in [-0.2, -0.15) is 0 Å². The zero-order chi connectivity index (χ0) is 24.5. The zero-order valence-electron chi connectivity index (χ0n) is 20.2. The highest BCUT2D eigenvalue weighted by atomic mass is 32.1. The number of hydrogen-bond donors (Lipinski definition) is 2. The average molecular weight is 506 g/mol. The van der Waals surface area contributed by atoms with Crippen LogP contribution in [0.2, 0.25) is 0 Å². The maximum atomic E-state index is 13.1. The average Bonchev–Trinajstić information content (AvgIpc) is 3.59. The molecule has 1 aliphatic carbocycles. The summed E-state index contributed by atoms with van der Waals surface area (Å²) in [5, 5.41) is 3.89. The fraction of sp³-hybridized carbons (Fsp3) is 0.407. The Hall–Kier alpha value is -3.30. The van der Waals surface area contributed by atoms with E-state index in [0.717, 1.165) is 37.9 Å². The van der Waals surface area contributed by atoms with Crippen molar-refractivity contribution >= 4 is 39.4 Å². The quantitative estimate of drug-likeness (QED) is 0.472. The first-order valence-corrected chi connectivity index (χ1v) is 13.5. The van der Waals surface area contributed by atoms with Gasteiger partial charge in [0.15, 0.2) is 16.6 Å². The van der Waals surface area contributed by atoms with Crippen LogP contribution in [0.5, 0.6) is 11.5 Å². The monoisotopic (exact) mass is 505 g/mol. The molecular weight excluding hydrogens is 474 g/mol. The lowest BCUT2D eigenvalue weighted by Crippen LogP contribution is -2.49. The minimum Gasteiger partial charge on any atom is -0.486 e. The third kappa shape index (κ3) is 4.73. The Bertz CT molecular complexity index is 1230. The minimum atomic E-state index is -0.179. The third-order valence-electron chi connectivity index (χ3n) is 7.30. The number of nitrogens with zero attached hydrogens (tertiary/aromatic N) is 3. The fourth-order valence-electron chi connectivity index (χ4n) is 5.36.